The minimum atomic E-state index is -3.14. The minimum Gasteiger partial charge on any atom is -0.353 e. The summed E-state index contributed by atoms with van der Waals surface area (Å²) in [5.41, 5.74) is 1.24. The topological polar surface area (TPSA) is 116 Å². The Bertz CT molecular complexity index is 980. The number of amides is 2. The van der Waals surface area contributed by atoms with Gasteiger partial charge < -0.3 is 9.80 Å². The lowest BCUT2D eigenvalue weighted by Gasteiger charge is -2.36. The molecule has 0 saturated carbocycles. The first kappa shape index (κ1) is 20.7. The van der Waals surface area contributed by atoms with Crippen LogP contribution < -0.4 is 4.90 Å². The van der Waals surface area contributed by atoms with Gasteiger partial charge in [-0.1, -0.05) is 0 Å². The molecular weight excluding hydrogens is 408 g/mol. The highest BCUT2D eigenvalue weighted by molar-refractivity contribution is 7.91. The van der Waals surface area contributed by atoms with Gasteiger partial charge in [0, 0.05) is 50.8 Å². The van der Waals surface area contributed by atoms with Gasteiger partial charge in [0.25, 0.3) is 5.91 Å². The summed E-state index contributed by atoms with van der Waals surface area (Å²) in [4.78, 5) is 37.9. The number of anilines is 1. The van der Waals surface area contributed by atoms with Crippen LogP contribution in [0.1, 0.15) is 30.8 Å². The van der Waals surface area contributed by atoms with Crippen molar-refractivity contribution in [1.82, 2.24) is 19.9 Å². The summed E-state index contributed by atoms with van der Waals surface area (Å²) in [7, 11) is -3.14. The highest BCUT2D eigenvalue weighted by Crippen LogP contribution is 2.23. The molecule has 0 bridgehead atoms. The standard InChI is InChI=1S/C19H26N6O4S/c1-13-11-17(21-14(2)20-13)23-6-8-24(9-7-23)19(27)16-3-4-18(26)25(22-16)15-5-10-30(28,29)12-15/h11,15H,3-10,12H2,1-2H3. The highest BCUT2D eigenvalue weighted by atomic mass is 32.2. The molecule has 0 aliphatic carbocycles. The predicted molar refractivity (Wildman–Crippen MR) is 111 cm³/mol. The van der Waals surface area contributed by atoms with Crippen molar-refractivity contribution < 1.29 is 18.0 Å². The Labute approximate surface area is 175 Å². The molecule has 2 fully saturated rings. The van der Waals surface area contributed by atoms with Crippen LogP contribution in [0, 0.1) is 13.8 Å². The molecule has 0 N–H and O–H groups in total. The van der Waals surface area contributed by atoms with E-state index < -0.39 is 15.9 Å². The van der Waals surface area contributed by atoms with E-state index in [0.29, 0.717) is 38.3 Å². The van der Waals surface area contributed by atoms with Gasteiger partial charge in [0.15, 0.2) is 9.84 Å². The number of hydrogen-bond acceptors (Lipinski definition) is 8. The first-order valence-electron chi connectivity index (χ1n) is 10.2. The molecule has 10 nitrogen and oxygen atoms in total. The summed E-state index contributed by atoms with van der Waals surface area (Å²) in [5.74, 6) is 1.17. The summed E-state index contributed by atoms with van der Waals surface area (Å²) in [6.07, 6.45) is 0.841. The SMILES string of the molecule is Cc1cc(N2CCN(C(=O)C3=NN(C4CCS(=O)(=O)C4)C(=O)CC3)CC2)nc(C)n1. The first-order chi connectivity index (χ1) is 14.2. The summed E-state index contributed by atoms with van der Waals surface area (Å²) < 4.78 is 23.5. The van der Waals surface area contributed by atoms with Crippen LogP contribution in [-0.4, -0.2) is 89.5 Å². The van der Waals surface area contributed by atoms with Gasteiger partial charge in [-0.25, -0.2) is 23.4 Å². The van der Waals surface area contributed by atoms with E-state index in [-0.39, 0.29) is 36.2 Å². The Morgan fingerprint density at radius 2 is 1.83 bits per heavy atom. The lowest BCUT2D eigenvalue weighted by molar-refractivity contribution is -0.134. The molecule has 1 aromatic heterocycles. The van der Waals surface area contributed by atoms with Crippen molar-refractivity contribution in [2.45, 2.75) is 39.2 Å². The van der Waals surface area contributed by atoms with Crippen LogP contribution >= 0.6 is 0 Å². The van der Waals surface area contributed by atoms with Gasteiger partial charge >= 0.3 is 0 Å². The normalized spacial score (nSPS) is 24.2. The molecule has 3 aliphatic heterocycles. The molecule has 0 radical (unpaired) electrons. The number of aromatic nitrogens is 2. The molecule has 1 aromatic rings. The van der Waals surface area contributed by atoms with Gasteiger partial charge in [-0.3, -0.25) is 9.59 Å². The van der Waals surface area contributed by atoms with Gasteiger partial charge in [-0.2, -0.15) is 5.10 Å². The molecular formula is C19H26N6O4S. The van der Waals surface area contributed by atoms with E-state index in [1.165, 1.54) is 5.01 Å². The molecule has 162 valence electrons. The van der Waals surface area contributed by atoms with Gasteiger partial charge in [0.1, 0.15) is 17.4 Å². The maximum atomic E-state index is 13.0. The fourth-order valence-electron chi connectivity index (χ4n) is 4.16. The molecule has 4 heterocycles. The van der Waals surface area contributed by atoms with Crippen molar-refractivity contribution in [2.75, 3.05) is 42.6 Å². The Morgan fingerprint density at radius 1 is 1.10 bits per heavy atom. The lowest BCUT2D eigenvalue weighted by Crippen LogP contribution is -2.52. The summed E-state index contributed by atoms with van der Waals surface area (Å²) >= 11 is 0. The number of rotatable bonds is 3. The van der Waals surface area contributed by atoms with Gasteiger partial charge in [-0.05, 0) is 20.3 Å². The average molecular weight is 435 g/mol. The number of carbonyl (C=O) groups is 2. The molecule has 2 amide bonds. The number of aryl methyl sites for hydroxylation is 2. The van der Waals surface area contributed by atoms with Gasteiger partial charge in [0.2, 0.25) is 5.91 Å². The molecule has 30 heavy (non-hydrogen) atoms. The van der Waals surface area contributed by atoms with E-state index in [9.17, 15) is 18.0 Å². The number of carbonyl (C=O) groups excluding carboxylic acids is 2. The molecule has 3 aliphatic rings. The number of hydrogen-bond donors (Lipinski definition) is 0. The molecule has 0 aromatic carbocycles. The molecule has 4 rings (SSSR count). The largest absolute Gasteiger partial charge is 0.353 e. The average Bonchev–Trinajstić information content (AvgIpc) is 3.07. The van der Waals surface area contributed by atoms with E-state index in [0.717, 1.165) is 17.3 Å². The Balaban J connectivity index is 1.42. The molecule has 1 unspecified atom stereocenters. The van der Waals surface area contributed by atoms with Crippen molar-refractivity contribution in [3.8, 4) is 0 Å². The second-order valence-corrected chi connectivity index (χ2v) is 10.3. The first-order valence-corrected chi connectivity index (χ1v) is 12.0. The minimum absolute atomic E-state index is 0.0597. The van der Waals surface area contributed by atoms with Gasteiger partial charge in [-0.15, -0.1) is 0 Å². The quantitative estimate of drug-likeness (QED) is 0.653. The Morgan fingerprint density at radius 3 is 2.47 bits per heavy atom. The van der Waals surface area contributed by atoms with E-state index in [1.54, 1.807) is 4.90 Å². The number of sulfone groups is 1. The zero-order valence-corrected chi connectivity index (χ0v) is 18.1. The van der Waals surface area contributed by atoms with Crippen LogP contribution in [-0.2, 0) is 19.4 Å². The fraction of sp³-hybridized carbons (Fsp3) is 0.632. The van der Waals surface area contributed by atoms with Crippen molar-refractivity contribution in [3.63, 3.8) is 0 Å². The van der Waals surface area contributed by atoms with Crippen LogP contribution in [0.5, 0.6) is 0 Å². The molecule has 0 spiro atoms. The molecule has 1 atom stereocenters. The van der Waals surface area contributed by atoms with Crippen molar-refractivity contribution in [3.05, 3.63) is 17.6 Å². The molecule has 11 heteroatoms. The summed E-state index contributed by atoms with van der Waals surface area (Å²) in [6.45, 7) is 6.16. The zero-order valence-electron chi connectivity index (χ0n) is 17.2. The maximum Gasteiger partial charge on any atom is 0.270 e. The monoisotopic (exact) mass is 434 g/mol. The van der Waals surface area contributed by atoms with E-state index >= 15 is 0 Å². The summed E-state index contributed by atoms with van der Waals surface area (Å²) in [5, 5.41) is 5.54. The van der Waals surface area contributed by atoms with Crippen LogP contribution in [0.15, 0.2) is 11.2 Å². The lowest BCUT2D eigenvalue weighted by atomic mass is 10.1. The number of piperazine rings is 1. The third-order valence-corrected chi connectivity index (χ3v) is 7.45. The summed E-state index contributed by atoms with van der Waals surface area (Å²) in [6, 6.07) is 1.47. The van der Waals surface area contributed by atoms with E-state index in [1.807, 2.05) is 19.9 Å². The Kier molecular flexibility index (Phi) is 5.48. The second kappa shape index (κ2) is 7.93. The Hall–Kier alpha value is -2.56. The van der Waals surface area contributed by atoms with Crippen molar-refractivity contribution in [2.24, 2.45) is 5.10 Å². The third kappa shape index (κ3) is 4.30. The van der Waals surface area contributed by atoms with E-state index in [4.69, 9.17) is 0 Å². The van der Waals surface area contributed by atoms with Crippen molar-refractivity contribution >= 4 is 33.2 Å². The van der Waals surface area contributed by atoms with Crippen LogP contribution in [0.2, 0.25) is 0 Å². The maximum absolute atomic E-state index is 13.0. The predicted octanol–water partition coefficient (Wildman–Crippen LogP) is -0.0925. The zero-order chi connectivity index (χ0) is 21.5. The van der Waals surface area contributed by atoms with Crippen LogP contribution in [0.25, 0.3) is 0 Å². The van der Waals surface area contributed by atoms with E-state index in [2.05, 4.69) is 20.0 Å². The smallest absolute Gasteiger partial charge is 0.270 e. The fourth-order valence-corrected chi connectivity index (χ4v) is 5.85. The number of hydrazone groups is 1. The third-order valence-electron chi connectivity index (χ3n) is 5.70. The van der Waals surface area contributed by atoms with Crippen LogP contribution in [0.4, 0.5) is 5.82 Å². The van der Waals surface area contributed by atoms with Gasteiger partial charge in [0.05, 0.1) is 17.5 Å². The number of nitrogens with zero attached hydrogens (tertiary/aromatic N) is 6. The van der Waals surface area contributed by atoms with Crippen LogP contribution in [0.3, 0.4) is 0 Å². The van der Waals surface area contributed by atoms with Crippen molar-refractivity contribution in [1.29, 1.82) is 0 Å². The second-order valence-electron chi connectivity index (χ2n) is 8.04. The highest BCUT2D eigenvalue weighted by Gasteiger charge is 2.38. The molecule has 2 saturated heterocycles.